The van der Waals surface area contributed by atoms with Gasteiger partial charge < -0.3 is 15.0 Å². The molecule has 0 N–H and O–H groups in total. The third-order valence-corrected chi connectivity index (χ3v) is 0. The van der Waals surface area contributed by atoms with E-state index in [-0.39, 0.29) is 51.4 Å². The Kier molecular flexibility index (Phi) is 17.3. The second-order valence-electron chi connectivity index (χ2n) is 2.68. The summed E-state index contributed by atoms with van der Waals surface area (Å²) in [6, 6.07) is 0. The Labute approximate surface area is 93.3 Å². The largest absolute Gasteiger partial charge is 1.00 e. The molecule has 0 aromatic rings. The zero-order chi connectivity index (χ0) is 6.50. The first-order valence-corrected chi connectivity index (χ1v) is 1.96. The maximum atomic E-state index is 7.00. The van der Waals surface area contributed by atoms with Crippen molar-refractivity contribution in [2.24, 2.45) is 0 Å². The predicted molar refractivity (Wildman–Crippen MR) is 24.0 cm³/mol. The van der Waals surface area contributed by atoms with Gasteiger partial charge in [-0.15, -0.1) is 0 Å². The van der Waals surface area contributed by atoms with Crippen molar-refractivity contribution in [3.05, 3.63) is 0 Å². The van der Waals surface area contributed by atoms with E-state index in [0.717, 1.165) is 4.48 Å². The fraction of sp³-hybridized carbons (Fsp3) is 1.00. The van der Waals surface area contributed by atoms with E-state index in [4.69, 9.17) is 10.5 Å². The minimum absolute atomic E-state index is 0. The van der Waals surface area contributed by atoms with Gasteiger partial charge in [0, 0.05) is 0 Å². The van der Waals surface area contributed by atoms with Crippen molar-refractivity contribution in [1.82, 2.24) is 0 Å². The Morgan fingerprint density at radius 1 is 0.875 bits per heavy atom. The second-order valence-corrected chi connectivity index (χ2v) is 2.68. The molecule has 0 spiro atoms. The molecule has 46 valence electrons. The molecule has 0 amide bonds. The van der Waals surface area contributed by atoms with E-state index in [2.05, 4.69) is 28.2 Å². The van der Waals surface area contributed by atoms with Crippen molar-refractivity contribution in [3.8, 4) is 0 Å². The van der Waals surface area contributed by atoms with E-state index in [0.29, 0.717) is 0 Å². The van der Waals surface area contributed by atoms with Gasteiger partial charge in [0.15, 0.2) is 0 Å². The zero-order valence-corrected chi connectivity index (χ0v) is 9.39. The Morgan fingerprint density at radius 2 is 0.875 bits per heavy atom. The van der Waals surface area contributed by atoms with Crippen LogP contribution in [0.4, 0.5) is 0 Å². The van der Waals surface area contributed by atoms with E-state index in [1.807, 2.05) is 0 Å². The van der Waals surface area contributed by atoms with Crippen LogP contribution in [0.2, 0.25) is 0 Å². The van der Waals surface area contributed by atoms with Crippen molar-refractivity contribution >= 4 is 0 Å². The molecule has 8 heavy (non-hydrogen) atoms. The third-order valence-electron chi connectivity index (χ3n) is 0. The molecule has 0 aromatic heterocycles. The van der Waals surface area contributed by atoms with Crippen LogP contribution in [0.5, 0.6) is 0 Å². The average molecular weight is 145 g/mol. The molecule has 0 aliphatic carbocycles. The normalized spacial score (nSPS) is 8.25. The molecular formula is C4H12KNO2. The molecule has 0 aliphatic rings. The molecule has 0 aromatic carbocycles. The van der Waals surface area contributed by atoms with Gasteiger partial charge in [-0.2, -0.15) is 0 Å². The van der Waals surface area contributed by atoms with Crippen LogP contribution < -0.4 is 61.9 Å². The molecule has 0 heterocycles. The van der Waals surface area contributed by atoms with Crippen molar-refractivity contribution in [2.75, 3.05) is 28.2 Å². The summed E-state index contributed by atoms with van der Waals surface area (Å²) in [5.41, 5.74) is 0. The molecule has 0 radical (unpaired) electrons. The van der Waals surface area contributed by atoms with Gasteiger partial charge >= 0.3 is 51.4 Å². The van der Waals surface area contributed by atoms with Crippen LogP contribution in [0.15, 0.2) is 0 Å². The van der Waals surface area contributed by atoms with Crippen LogP contribution in [-0.2, 0) is 0 Å². The predicted octanol–water partition coefficient (Wildman–Crippen LogP) is -5.05. The van der Waals surface area contributed by atoms with Crippen LogP contribution in [0.25, 0.3) is 0 Å². The van der Waals surface area contributed by atoms with Crippen LogP contribution in [0.1, 0.15) is 0 Å². The summed E-state index contributed by atoms with van der Waals surface area (Å²) in [4.78, 5) is 0. The number of quaternary nitrogens is 1. The molecule has 0 atom stereocenters. The second kappa shape index (κ2) is 8.52. The quantitative estimate of drug-likeness (QED) is 0.148. The van der Waals surface area contributed by atoms with Gasteiger partial charge in [-0.05, 0) is 0 Å². The van der Waals surface area contributed by atoms with Crippen molar-refractivity contribution < 1.29 is 66.4 Å². The summed E-state index contributed by atoms with van der Waals surface area (Å²) < 4.78 is 1.00. The third kappa shape index (κ3) is 139. The van der Waals surface area contributed by atoms with E-state index in [1.165, 1.54) is 0 Å². The minimum atomic E-state index is 0. The Hall–Kier alpha value is 1.52. The minimum Gasteiger partial charge on any atom is -1.00 e. The fourth-order valence-corrected chi connectivity index (χ4v) is 0. The monoisotopic (exact) mass is 145 g/mol. The van der Waals surface area contributed by atoms with Crippen LogP contribution >= 0.6 is 0 Å². The molecule has 4 heteroatoms. The fourth-order valence-electron chi connectivity index (χ4n) is 0. The number of rotatable bonds is 0. The van der Waals surface area contributed by atoms with Crippen LogP contribution in [0.3, 0.4) is 0 Å². The molecule has 0 saturated heterocycles. The molecule has 0 saturated carbocycles. The van der Waals surface area contributed by atoms with Crippen molar-refractivity contribution in [1.29, 1.82) is 0 Å². The Morgan fingerprint density at radius 3 is 0.875 bits per heavy atom. The topological polar surface area (TPSA) is 46.1 Å². The van der Waals surface area contributed by atoms with Gasteiger partial charge in [-0.3, -0.25) is 0 Å². The molecule has 0 rings (SSSR count). The summed E-state index contributed by atoms with van der Waals surface area (Å²) in [6.07, 6.45) is 0. The molecule has 0 unspecified atom stereocenters. The summed E-state index contributed by atoms with van der Waals surface area (Å²) in [6.45, 7) is 0. The first-order chi connectivity index (χ1) is 3.00. The molecular weight excluding hydrogens is 133 g/mol. The smallest absolute Gasteiger partial charge is 1.00 e. The van der Waals surface area contributed by atoms with E-state index in [9.17, 15) is 0 Å². The van der Waals surface area contributed by atoms with E-state index >= 15 is 0 Å². The average Bonchev–Trinajstić information content (AvgIpc) is 1.36. The number of hydrogen-bond acceptors (Lipinski definition) is 2. The van der Waals surface area contributed by atoms with Gasteiger partial charge in [-0.25, -0.2) is 0 Å². The molecule has 0 fully saturated rings. The first kappa shape index (κ1) is 16.3. The summed E-state index contributed by atoms with van der Waals surface area (Å²) in [5, 5.41) is 14.0. The SMILES string of the molecule is C[N+](C)(C)C.[K+].[O-][O-]. The van der Waals surface area contributed by atoms with E-state index < -0.39 is 0 Å². The molecule has 0 aliphatic heterocycles. The Bertz CT molecular complexity index is 29.5. The number of hydrogen-bond donors (Lipinski definition) is 0. The standard InChI is InChI=1S/C4H12N.K.O2/c1-5(2,3)4;;1-2/h1-4H3;;/q2*+1;-2. The van der Waals surface area contributed by atoms with Crippen molar-refractivity contribution in [3.63, 3.8) is 0 Å². The summed E-state index contributed by atoms with van der Waals surface area (Å²) in [5.74, 6) is 0. The van der Waals surface area contributed by atoms with Crippen LogP contribution in [-0.4, -0.2) is 32.7 Å². The van der Waals surface area contributed by atoms with Gasteiger partial charge in [0.25, 0.3) is 0 Å². The van der Waals surface area contributed by atoms with Gasteiger partial charge in [0.2, 0.25) is 0 Å². The van der Waals surface area contributed by atoms with Gasteiger partial charge in [0.1, 0.15) is 0 Å². The zero-order valence-electron chi connectivity index (χ0n) is 6.26. The van der Waals surface area contributed by atoms with Gasteiger partial charge in [0.05, 0.1) is 28.2 Å². The maximum Gasteiger partial charge on any atom is 1.00 e. The van der Waals surface area contributed by atoms with Crippen molar-refractivity contribution in [2.45, 2.75) is 0 Å². The Balaban J connectivity index is -0.0000000750. The van der Waals surface area contributed by atoms with Gasteiger partial charge in [-0.1, -0.05) is 0 Å². The summed E-state index contributed by atoms with van der Waals surface area (Å²) >= 11 is 0. The summed E-state index contributed by atoms with van der Waals surface area (Å²) in [7, 11) is 8.50. The van der Waals surface area contributed by atoms with Crippen LogP contribution in [0, 0.1) is 0 Å². The molecule has 0 bridgehead atoms. The molecule has 3 nitrogen and oxygen atoms in total. The van der Waals surface area contributed by atoms with E-state index in [1.54, 1.807) is 0 Å². The number of nitrogens with zero attached hydrogens (tertiary/aromatic N) is 1. The first-order valence-electron chi connectivity index (χ1n) is 1.96. The maximum absolute atomic E-state index is 7.00.